The van der Waals surface area contributed by atoms with E-state index in [2.05, 4.69) is 20.4 Å². The number of fused-ring (bicyclic) bond motifs is 2. The lowest BCUT2D eigenvalue weighted by Crippen LogP contribution is -2.59. The number of hydrogen-bond donors (Lipinski definition) is 1. The molecule has 1 saturated heterocycles. The van der Waals surface area contributed by atoms with E-state index in [-0.39, 0.29) is 33.6 Å². The number of nitrogens with zero attached hydrogens (tertiary/aromatic N) is 5. The standard InChI is InChI=1S/C29H24F2N6O3/c1-36-11-19-18(3-2-4-24(19)35-36)16-7-22(30)20(23(31)8-16)12-37-13-21(25-26(28(37)39)33-6-5-32-25)27(38)34-17-9-29(10-17)14-40-15-29/h2-8,11,13,17H,9-10,12,14-15H2,1H3,(H,34,38). The Labute approximate surface area is 226 Å². The van der Waals surface area contributed by atoms with Crippen molar-refractivity contribution in [3.05, 3.63) is 88.2 Å². The molecule has 1 amide bonds. The summed E-state index contributed by atoms with van der Waals surface area (Å²) in [6.07, 6.45) is 7.47. The average Bonchev–Trinajstić information content (AvgIpc) is 3.28. The molecule has 1 saturated carbocycles. The van der Waals surface area contributed by atoms with Gasteiger partial charge >= 0.3 is 0 Å². The first kappa shape index (κ1) is 24.5. The highest BCUT2D eigenvalue weighted by atomic mass is 19.1. The fourth-order valence-electron chi connectivity index (χ4n) is 5.86. The van der Waals surface area contributed by atoms with Crippen molar-refractivity contribution < 1.29 is 18.3 Å². The van der Waals surface area contributed by atoms with E-state index in [1.54, 1.807) is 30.1 Å². The first-order chi connectivity index (χ1) is 19.3. The Morgan fingerprint density at radius 2 is 1.82 bits per heavy atom. The maximum Gasteiger partial charge on any atom is 0.279 e. The zero-order valence-electron chi connectivity index (χ0n) is 21.5. The molecule has 2 aromatic carbocycles. The van der Waals surface area contributed by atoms with Crippen molar-refractivity contribution in [2.75, 3.05) is 13.2 Å². The Kier molecular flexibility index (Phi) is 5.53. The molecule has 2 aliphatic rings. The summed E-state index contributed by atoms with van der Waals surface area (Å²) in [7, 11) is 1.78. The van der Waals surface area contributed by atoms with E-state index >= 15 is 8.78 Å². The monoisotopic (exact) mass is 542 g/mol. The number of carbonyl (C=O) groups is 1. The normalized spacial score (nSPS) is 16.3. The number of aromatic nitrogens is 5. The summed E-state index contributed by atoms with van der Waals surface area (Å²) in [4.78, 5) is 34.8. The summed E-state index contributed by atoms with van der Waals surface area (Å²) in [5.41, 5.74) is 1.16. The Bertz CT molecular complexity index is 1860. The van der Waals surface area contributed by atoms with Gasteiger partial charge in [-0.15, -0.1) is 0 Å². The lowest BCUT2D eigenvalue weighted by Gasteiger charge is -2.53. The molecule has 3 aromatic heterocycles. The molecule has 0 bridgehead atoms. The number of rotatable bonds is 5. The Morgan fingerprint density at radius 3 is 2.52 bits per heavy atom. The van der Waals surface area contributed by atoms with Crippen LogP contribution in [0.3, 0.4) is 0 Å². The van der Waals surface area contributed by atoms with Gasteiger partial charge in [-0.2, -0.15) is 5.10 Å². The van der Waals surface area contributed by atoms with Gasteiger partial charge in [0, 0.05) is 54.2 Å². The molecule has 1 N–H and O–H groups in total. The third-order valence-electron chi connectivity index (χ3n) is 7.90. The van der Waals surface area contributed by atoms with E-state index in [0.717, 1.165) is 22.8 Å². The topological polar surface area (TPSA) is 104 Å². The Morgan fingerprint density at radius 1 is 1.10 bits per heavy atom. The molecular weight excluding hydrogens is 518 g/mol. The molecule has 1 aliphatic carbocycles. The maximum absolute atomic E-state index is 15.4. The largest absolute Gasteiger partial charge is 0.380 e. The highest BCUT2D eigenvalue weighted by molar-refractivity contribution is 6.04. The van der Waals surface area contributed by atoms with Crippen LogP contribution in [0, 0.1) is 17.0 Å². The first-order valence-corrected chi connectivity index (χ1v) is 12.9. The molecule has 0 radical (unpaired) electrons. The summed E-state index contributed by atoms with van der Waals surface area (Å²) in [5, 5.41) is 8.11. The van der Waals surface area contributed by atoms with Crippen LogP contribution < -0.4 is 10.9 Å². The molecule has 202 valence electrons. The van der Waals surface area contributed by atoms with Gasteiger partial charge in [0.25, 0.3) is 11.5 Å². The minimum absolute atomic E-state index is 0.0183. The number of carbonyl (C=O) groups excluding carboxylic acids is 1. The van der Waals surface area contributed by atoms with E-state index in [0.29, 0.717) is 29.9 Å². The number of ether oxygens (including phenoxy) is 1. The van der Waals surface area contributed by atoms with Crippen molar-refractivity contribution in [3.63, 3.8) is 0 Å². The van der Waals surface area contributed by atoms with E-state index in [9.17, 15) is 9.59 Å². The molecule has 0 atom stereocenters. The van der Waals surface area contributed by atoms with Crippen LogP contribution in [0.15, 0.2) is 59.9 Å². The molecule has 0 unspecified atom stereocenters. The number of hydrogen-bond acceptors (Lipinski definition) is 6. The van der Waals surface area contributed by atoms with Crippen LogP contribution >= 0.6 is 0 Å². The number of amides is 1. The second-order valence-electron chi connectivity index (χ2n) is 10.8. The summed E-state index contributed by atoms with van der Waals surface area (Å²) < 4.78 is 38.9. The maximum atomic E-state index is 15.4. The van der Waals surface area contributed by atoms with E-state index in [1.165, 1.54) is 30.7 Å². The van der Waals surface area contributed by atoms with Crippen LogP contribution in [0.5, 0.6) is 0 Å². The number of benzene rings is 2. The van der Waals surface area contributed by atoms with Crippen LogP contribution in [0.1, 0.15) is 28.8 Å². The molecule has 40 heavy (non-hydrogen) atoms. The van der Waals surface area contributed by atoms with Crippen LogP contribution in [0.25, 0.3) is 33.1 Å². The molecular formula is C29H24F2N6O3. The molecule has 5 aromatic rings. The van der Waals surface area contributed by atoms with Crippen molar-refractivity contribution in [3.8, 4) is 11.1 Å². The van der Waals surface area contributed by atoms with Crippen molar-refractivity contribution in [2.45, 2.75) is 25.4 Å². The lowest BCUT2D eigenvalue weighted by molar-refractivity contribution is -0.165. The molecule has 11 heteroatoms. The van der Waals surface area contributed by atoms with Gasteiger partial charge in [-0.1, -0.05) is 12.1 Å². The smallest absolute Gasteiger partial charge is 0.279 e. The van der Waals surface area contributed by atoms with E-state index in [4.69, 9.17) is 4.74 Å². The third-order valence-corrected chi connectivity index (χ3v) is 7.90. The second kappa shape index (κ2) is 9.02. The lowest BCUT2D eigenvalue weighted by atomic mass is 9.64. The van der Waals surface area contributed by atoms with E-state index < -0.39 is 29.6 Å². The SMILES string of the molecule is Cn1cc2c(-c3cc(F)c(Cn4cc(C(=O)NC5CC6(COC6)C5)c5nccnc5c4=O)c(F)c3)cccc2n1. The molecule has 9 nitrogen and oxygen atoms in total. The molecule has 7 rings (SSSR count). The first-order valence-electron chi connectivity index (χ1n) is 12.9. The van der Waals surface area contributed by atoms with E-state index in [1.807, 2.05) is 6.07 Å². The van der Waals surface area contributed by atoms with Gasteiger partial charge in [-0.25, -0.2) is 13.8 Å². The number of nitrogens with one attached hydrogen (secondary N) is 1. The third kappa shape index (κ3) is 3.96. The van der Waals surface area contributed by atoms with Crippen LogP contribution in [0.2, 0.25) is 0 Å². The Balaban J connectivity index is 1.23. The van der Waals surface area contributed by atoms with Gasteiger partial charge in [0.15, 0.2) is 5.52 Å². The van der Waals surface area contributed by atoms with Crippen molar-refractivity contribution in [1.29, 1.82) is 0 Å². The summed E-state index contributed by atoms with van der Waals surface area (Å²) in [5.74, 6) is -2.04. The predicted molar refractivity (Wildman–Crippen MR) is 143 cm³/mol. The summed E-state index contributed by atoms with van der Waals surface area (Å²) >= 11 is 0. The second-order valence-corrected chi connectivity index (χ2v) is 10.8. The van der Waals surface area contributed by atoms with Crippen LogP contribution in [-0.2, 0) is 18.3 Å². The molecule has 4 heterocycles. The van der Waals surface area contributed by atoms with Crippen molar-refractivity contribution in [2.24, 2.45) is 12.5 Å². The zero-order chi connectivity index (χ0) is 27.6. The van der Waals surface area contributed by atoms with Crippen molar-refractivity contribution >= 4 is 27.8 Å². The van der Waals surface area contributed by atoms with Gasteiger partial charge in [0.1, 0.15) is 17.2 Å². The molecule has 2 fully saturated rings. The quantitative estimate of drug-likeness (QED) is 0.364. The minimum Gasteiger partial charge on any atom is -0.380 e. The number of halogens is 2. The van der Waals surface area contributed by atoms with Gasteiger partial charge in [0.2, 0.25) is 0 Å². The highest BCUT2D eigenvalue weighted by Crippen LogP contribution is 2.46. The van der Waals surface area contributed by atoms with Gasteiger partial charge in [-0.3, -0.25) is 19.3 Å². The number of pyridine rings is 1. The Hall–Kier alpha value is -4.51. The average molecular weight is 543 g/mol. The minimum atomic E-state index is -0.810. The van der Waals surface area contributed by atoms with Crippen LogP contribution in [0.4, 0.5) is 8.78 Å². The number of aryl methyl sites for hydroxylation is 1. The fraction of sp³-hybridized carbons (Fsp3) is 0.276. The van der Waals surface area contributed by atoms with Gasteiger partial charge < -0.3 is 14.6 Å². The van der Waals surface area contributed by atoms with Gasteiger partial charge in [0.05, 0.1) is 30.8 Å². The van der Waals surface area contributed by atoms with Crippen LogP contribution in [-0.4, -0.2) is 49.5 Å². The predicted octanol–water partition coefficient (Wildman–Crippen LogP) is 3.58. The summed E-state index contributed by atoms with van der Waals surface area (Å²) in [6, 6.07) is 7.85. The molecule has 1 aliphatic heterocycles. The van der Waals surface area contributed by atoms with Crippen molar-refractivity contribution in [1.82, 2.24) is 29.6 Å². The fourth-order valence-corrected chi connectivity index (χ4v) is 5.86. The molecule has 1 spiro atoms. The summed E-state index contributed by atoms with van der Waals surface area (Å²) in [6.45, 7) is 0.975. The van der Waals surface area contributed by atoms with Gasteiger partial charge in [-0.05, 0) is 42.2 Å². The highest BCUT2D eigenvalue weighted by Gasteiger charge is 2.50. The zero-order valence-corrected chi connectivity index (χ0v) is 21.5.